The number of hydrogen-bond acceptors (Lipinski definition) is 7. The van der Waals surface area contributed by atoms with Gasteiger partial charge in [0, 0.05) is 24.0 Å². The Balaban J connectivity index is 1.64. The summed E-state index contributed by atoms with van der Waals surface area (Å²) >= 11 is 0. The second-order valence-electron chi connectivity index (χ2n) is 7.83. The van der Waals surface area contributed by atoms with Gasteiger partial charge in [-0.3, -0.25) is 4.57 Å². The van der Waals surface area contributed by atoms with Gasteiger partial charge >= 0.3 is 0 Å². The second-order valence-corrected chi connectivity index (χ2v) is 7.83. The fourth-order valence-electron chi connectivity index (χ4n) is 4.54. The number of rotatable bonds is 3. The third-order valence-electron chi connectivity index (χ3n) is 6.02. The van der Waals surface area contributed by atoms with Crippen molar-refractivity contribution in [2.24, 2.45) is 7.05 Å². The van der Waals surface area contributed by atoms with Gasteiger partial charge in [0.05, 0.1) is 12.0 Å². The summed E-state index contributed by atoms with van der Waals surface area (Å²) in [7, 11) is 1.88. The molecule has 158 valence electrons. The molecule has 3 N–H and O–H groups in total. The number of aryl methyl sites for hydroxylation is 1. The Hall–Kier alpha value is -3.24. The SMILES string of the molecule is Cn1ccc2c3c(-c4cc5ccccc5o4)ncnc3n([C@@H]3O[C@H](CO)[C@@H](O)[C@H]3O)c21. The van der Waals surface area contributed by atoms with Crippen LogP contribution in [0.5, 0.6) is 0 Å². The number of nitrogens with zero attached hydrogens (tertiary/aromatic N) is 4. The Morgan fingerprint density at radius 2 is 1.94 bits per heavy atom. The second kappa shape index (κ2) is 6.63. The smallest absolute Gasteiger partial charge is 0.166 e. The lowest BCUT2D eigenvalue weighted by Crippen LogP contribution is -2.33. The van der Waals surface area contributed by atoms with Crippen molar-refractivity contribution in [1.29, 1.82) is 0 Å². The van der Waals surface area contributed by atoms with Crippen molar-refractivity contribution in [1.82, 2.24) is 19.1 Å². The van der Waals surface area contributed by atoms with Gasteiger partial charge in [-0.25, -0.2) is 9.97 Å². The van der Waals surface area contributed by atoms with Crippen molar-refractivity contribution < 1.29 is 24.5 Å². The van der Waals surface area contributed by atoms with E-state index in [-0.39, 0.29) is 0 Å². The van der Waals surface area contributed by atoms with Gasteiger partial charge in [-0.2, -0.15) is 0 Å². The van der Waals surface area contributed by atoms with E-state index in [1.54, 1.807) is 4.57 Å². The Labute approximate surface area is 175 Å². The number of aromatic nitrogens is 4. The van der Waals surface area contributed by atoms with Crippen LogP contribution in [-0.2, 0) is 11.8 Å². The quantitative estimate of drug-likeness (QED) is 0.408. The van der Waals surface area contributed by atoms with Gasteiger partial charge in [-0.05, 0) is 18.2 Å². The molecule has 1 aliphatic heterocycles. The summed E-state index contributed by atoms with van der Waals surface area (Å²) in [6, 6.07) is 11.6. The van der Waals surface area contributed by atoms with Gasteiger partial charge in [0.2, 0.25) is 0 Å². The normalized spacial score (nSPS) is 24.1. The van der Waals surface area contributed by atoms with Crippen LogP contribution in [0.15, 0.2) is 53.3 Å². The molecule has 0 spiro atoms. The van der Waals surface area contributed by atoms with Crippen molar-refractivity contribution in [2.45, 2.75) is 24.5 Å². The zero-order valence-electron chi connectivity index (χ0n) is 16.6. The summed E-state index contributed by atoms with van der Waals surface area (Å²) in [6.45, 7) is -0.399. The van der Waals surface area contributed by atoms with E-state index in [0.717, 1.165) is 27.4 Å². The number of para-hydroxylation sites is 1. The zero-order chi connectivity index (χ0) is 21.3. The lowest BCUT2D eigenvalue weighted by molar-refractivity contribution is -0.0493. The third kappa shape index (κ3) is 2.52. The van der Waals surface area contributed by atoms with E-state index in [4.69, 9.17) is 9.15 Å². The minimum Gasteiger partial charge on any atom is -0.454 e. The molecule has 9 heteroatoms. The lowest BCUT2D eigenvalue weighted by Gasteiger charge is -2.19. The summed E-state index contributed by atoms with van der Waals surface area (Å²) in [5.74, 6) is 0.609. The molecule has 1 fully saturated rings. The minimum atomic E-state index is -1.23. The summed E-state index contributed by atoms with van der Waals surface area (Å²) < 4.78 is 15.5. The van der Waals surface area contributed by atoms with Crippen LogP contribution >= 0.6 is 0 Å². The highest BCUT2D eigenvalue weighted by molar-refractivity contribution is 6.12. The number of hydrogen-bond donors (Lipinski definition) is 3. The molecule has 1 aliphatic rings. The lowest BCUT2D eigenvalue weighted by atomic mass is 10.1. The van der Waals surface area contributed by atoms with E-state index in [9.17, 15) is 15.3 Å². The maximum absolute atomic E-state index is 10.7. The van der Waals surface area contributed by atoms with E-state index in [0.29, 0.717) is 17.1 Å². The Kier molecular flexibility index (Phi) is 3.96. The summed E-state index contributed by atoms with van der Waals surface area (Å²) in [5, 5.41) is 33.1. The highest BCUT2D eigenvalue weighted by atomic mass is 16.6. The summed E-state index contributed by atoms with van der Waals surface area (Å²) in [6.07, 6.45) is -0.891. The van der Waals surface area contributed by atoms with Gasteiger partial charge in [0.1, 0.15) is 47.2 Å². The van der Waals surface area contributed by atoms with Crippen LogP contribution in [0.1, 0.15) is 6.23 Å². The first-order chi connectivity index (χ1) is 15.1. The molecule has 5 aromatic rings. The minimum absolute atomic E-state index is 0.399. The van der Waals surface area contributed by atoms with Crippen LogP contribution < -0.4 is 0 Å². The Morgan fingerprint density at radius 3 is 2.71 bits per heavy atom. The average Bonchev–Trinajstić information content (AvgIpc) is 3.52. The van der Waals surface area contributed by atoms with E-state index < -0.39 is 31.1 Å². The fourth-order valence-corrected chi connectivity index (χ4v) is 4.54. The maximum atomic E-state index is 10.7. The highest BCUT2D eigenvalue weighted by Gasteiger charge is 2.45. The monoisotopic (exact) mass is 420 g/mol. The first-order valence-electron chi connectivity index (χ1n) is 10.00. The molecule has 0 saturated carbocycles. The van der Waals surface area contributed by atoms with Crippen molar-refractivity contribution in [3.63, 3.8) is 0 Å². The predicted octanol–water partition coefficient (Wildman–Crippen LogP) is 1.95. The van der Waals surface area contributed by atoms with E-state index in [2.05, 4.69) is 9.97 Å². The molecule has 6 rings (SSSR count). The van der Waals surface area contributed by atoms with Gasteiger partial charge in [-0.15, -0.1) is 0 Å². The van der Waals surface area contributed by atoms with Crippen LogP contribution in [0, 0.1) is 0 Å². The third-order valence-corrected chi connectivity index (χ3v) is 6.02. The number of aliphatic hydroxyl groups excluding tert-OH is 3. The van der Waals surface area contributed by atoms with E-state index in [1.807, 2.05) is 54.2 Å². The molecule has 31 heavy (non-hydrogen) atoms. The van der Waals surface area contributed by atoms with Gasteiger partial charge in [0.25, 0.3) is 0 Å². The molecular weight excluding hydrogens is 400 g/mol. The molecule has 4 aromatic heterocycles. The summed E-state index contributed by atoms with van der Waals surface area (Å²) in [4.78, 5) is 9.01. The van der Waals surface area contributed by atoms with E-state index >= 15 is 0 Å². The largest absolute Gasteiger partial charge is 0.454 e. The number of furan rings is 1. The molecule has 0 amide bonds. The van der Waals surface area contributed by atoms with Crippen molar-refractivity contribution in [3.05, 3.63) is 48.9 Å². The Bertz CT molecular complexity index is 1400. The summed E-state index contributed by atoms with van der Waals surface area (Å²) in [5.41, 5.74) is 2.68. The topological polar surface area (TPSA) is 119 Å². The van der Waals surface area contributed by atoms with E-state index in [1.165, 1.54) is 6.33 Å². The predicted molar refractivity (Wildman–Crippen MR) is 112 cm³/mol. The van der Waals surface area contributed by atoms with Gasteiger partial charge in [0.15, 0.2) is 12.0 Å². The first-order valence-corrected chi connectivity index (χ1v) is 10.00. The van der Waals surface area contributed by atoms with Crippen LogP contribution in [0.25, 0.3) is 44.5 Å². The highest BCUT2D eigenvalue weighted by Crippen LogP contribution is 2.41. The van der Waals surface area contributed by atoms with Crippen LogP contribution in [0.2, 0.25) is 0 Å². The molecule has 9 nitrogen and oxygen atoms in total. The fraction of sp³-hybridized carbons (Fsp3) is 0.273. The van der Waals surface area contributed by atoms with Crippen LogP contribution in [-0.4, -0.2) is 59.3 Å². The number of aliphatic hydroxyl groups is 3. The van der Waals surface area contributed by atoms with Crippen LogP contribution in [0.3, 0.4) is 0 Å². The van der Waals surface area contributed by atoms with Gasteiger partial charge in [-0.1, -0.05) is 18.2 Å². The number of fused-ring (bicyclic) bond motifs is 4. The average molecular weight is 420 g/mol. The molecule has 1 aromatic carbocycles. The van der Waals surface area contributed by atoms with Crippen molar-refractivity contribution >= 4 is 33.0 Å². The van der Waals surface area contributed by atoms with Crippen LogP contribution in [0.4, 0.5) is 0 Å². The molecular formula is C22H20N4O5. The molecule has 0 unspecified atom stereocenters. The standard InChI is InChI=1S/C22H20N4O5/c1-25-7-6-12-16-17(14-8-11-4-2-3-5-13(11)30-14)23-10-24-20(16)26(21(12)25)22-19(29)18(28)15(9-27)31-22/h2-8,10,15,18-19,22,27-29H,9H2,1H3/t15-,18-,19-,22-/m1/s1. The number of benzene rings is 1. The molecule has 5 heterocycles. The van der Waals surface area contributed by atoms with Gasteiger partial charge < -0.3 is 29.0 Å². The molecule has 4 atom stereocenters. The molecule has 0 bridgehead atoms. The zero-order valence-corrected chi connectivity index (χ0v) is 16.6. The molecule has 0 aliphatic carbocycles. The first kappa shape index (κ1) is 18.5. The molecule has 0 radical (unpaired) electrons. The Morgan fingerprint density at radius 1 is 1.10 bits per heavy atom. The molecule has 1 saturated heterocycles. The number of ether oxygens (including phenoxy) is 1. The van der Waals surface area contributed by atoms with Crippen molar-refractivity contribution in [2.75, 3.05) is 6.61 Å². The van der Waals surface area contributed by atoms with Crippen molar-refractivity contribution in [3.8, 4) is 11.5 Å². The maximum Gasteiger partial charge on any atom is 0.166 e.